The molecule has 1 aliphatic heterocycles. The Kier molecular flexibility index (Phi) is 5.57. The Morgan fingerprint density at radius 1 is 1.30 bits per heavy atom. The fourth-order valence-corrected chi connectivity index (χ4v) is 3.39. The number of sulfonamides is 1. The van der Waals surface area contributed by atoms with Crippen molar-refractivity contribution in [2.45, 2.75) is 45.3 Å². The summed E-state index contributed by atoms with van der Waals surface area (Å²) in [5.74, 6) is -0.393. The number of piperidine rings is 1. The van der Waals surface area contributed by atoms with Crippen molar-refractivity contribution < 1.29 is 22.7 Å². The molecule has 1 heterocycles. The van der Waals surface area contributed by atoms with Crippen molar-refractivity contribution in [1.82, 2.24) is 4.31 Å². The first-order chi connectivity index (χ1) is 9.04. The van der Waals surface area contributed by atoms with Gasteiger partial charge in [-0.05, 0) is 39.5 Å². The van der Waals surface area contributed by atoms with Crippen molar-refractivity contribution in [3.8, 4) is 0 Å². The highest BCUT2D eigenvalue weighted by Crippen LogP contribution is 2.26. The van der Waals surface area contributed by atoms with Crippen molar-refractivity contribution in [2.24, 2.45) is 5.92 Å². The predicted molar refractivity (Wildman–Crippen MR) is 75.8 cm³/mol. The number of carbonyl (C=O) groups excluding carboxylic acids is 1. The zero-order valence-electron chi connectivity index (χ0n) is 12.9. The molecule has 2 unspecified atom stereocenters. The van der Waals surface area contributed by atoms with Crippen LogP contribution in [0, 0.1) is 5.92 Å². The Morgan fingerprint density at radius 2 is 1.90 bits per heavy atom. The Labute approximate surface area is 121 Å². The molecule has 0 radical (unpaired) electrons. The van der Waals surface area contributed by atoms with Crippen LogP contribution in [-0.2, 0) is 24.3 Å². The SMILES string of the molecule is COC(=O)C1CCC(COC(C)(C)C)CN1S(C)(=O)=O. The number of esters is 1. The first kappa shape index (κ1) is 17.4. The molecule has 0 spiro atoms. The van der Waals surface area contributed by atoms with Crippen LogP contribution in [0.1, 0.15) is 33.6 Å². The molecular formula is C13H25NO5S. The van der Waals surface area contributed by atoms with E-state index in [9.17, 15) is 13.2 Å². The minimum Gasteiger partial charge on any atom is -0.468 e. The molecule has 0 bridgehead atoms. The van der Waals surface area contributed by atoms with E-state index in [1.165, 1.54) is 11.4 Å². The fraction of sp³-hybridized carbons (Fsp3) is 0.923. The third-order valence-corrected chi connectivity index (χ3v) is 4.54. The van der Waals surface area contributed by atoms with E-state index >= 15 is 0 Å². The van der Waals surface area contributed by atoms with Gasteiger partial charge in [0.25, 0.3) is 0 Å². The maximum Gasteiger partial charge on any atom is 0.324 e. The summed E-state index contributed by atoms with van der Waals surface area (Å²) in [7, 11) is -2.16. The largest absolute Gasteiger partial charge is 0.468 e. The quantitative estimate of drug-likeness (QED) is 0.725. The number of hydrogen-bond donors (Lipinski definition) is 0. The van der Waals surface area contributed by atoms with Gasteiger partial charge in [-0.3, -0.25) is 4.79 Å². The molecule has 1 rings (SSSR count). The summed E-state index contributed by atoms with van der Waals surface area (Å²) in [5, 5.41) is 0. The standard InChI is InChI=1S/C13H25NO5S/c1-13(2,3)19-9-10-6-7-11(12(15)18-4)14(8-10)20(5,16)17/h10-11H,6-9H2,1-5H3. The molecule has 6 nitrogen and oxygen atoms in total. The van der Waals surface area contributed by atoms with Crippen LogP contribution in [0.2, 0.25) is 0 Å². The van der Waals surface area contributed by atoms with Gasteiger partial charge in [0.15, 0.2) is 0 Å². The van der Waals surface area contributed by atoms with Crippen LogP contribution in [0.4, 0.5) is 0 Å². The van der Waals surface area contributed by atoms with E-state index in [0.717, 1.165) is 12.7 Å². The molecule has 2 atom stereocenters. The van der Waals surface area contributed by atoms with Crippen LogP contribution in [0.15, 0.2) is 0 Å². The van der Waals surface area contributed by atoms with Gasteiger partial charge in [0.1, 0.15) is 6.04 Å². The Hall–Kier alpha value is -0.660. The second kappa shape index (κ2) is 6.41. The number of hydrogen-bond acceptors (Lipinski definition) is 5. The van der Waals surface area contributed by atoms with Crippen molar-refractivity contribution in [3.63, 3.8) is 0 Å². The minimum atomic E-state index is -3.44. The molecule has 1 aliphatic rings. The molecule has 1 saturated heterocycles. The molecule has 0 N–H and O–H groups in total. The normalized spacial score (nSPS) is 25.4. The van der Waals surface area contributed by atoms with Gasteiger partial charge in [-0.15, -0.1) is 0 Å². The topological polar surface area (TPSA) is 72.9 Å². The highest BCUT2D eigenvalue weighted by atomic mass is 32.2. The Bertz CT molecular complexity index is 440. The van der Waals surface area contributed by atoms with Crippen LogP contribution in [0.5, 0.6) is 0 Å². The molecule has 0 aromatic rings. The maximum atomic E-state index is 11.8. The van der Waals surface area contributed by atoms with Crippen molar-refractivity contribution in [2.75, 3.05) is 26.5 Å². The number of rotatable bonds is 4. The molecule has 20 heavy (non-hydrogen) atoms. The second-order valence-electron chi connectivity index (χ2n) is 6.24. The summed E-state index contributed by atoms with van der Waals surface area (Å²) >= 11 is 0. The zero-order chi connectivity index (χ0) is 15.6. The highest BCUT2D eigenvalue weighted by Gasteiger charge is 2.39. The number of methoxy groups -OCH3 is 1. The molecule has 7 heteroatoms. The summed E-state index contributed by atoms with van der Waals surface area (Å²) in [5.41, 5.74) is -0.255. The first-order valence-electron chi connectivity index (χ1n) is 6.73. The molecule has 0 aliphatic carbocycles. The smallest absolute Gasteiger partial charge is 0.324 e. The van der Waals surface area contributed by atoms with E-state index < -0.39 is 22.0 Å². The van der Waals surface area contributed by atoms with Crippen LogP contribution >= 0.6 is 0 Å². The fourth-order valence-electron chi connectivity index (χ4n) is 2.25. The molecule has 1 fully saturated rings. The van der Waals surface area contributed by atoms with Crippen LogP contribution in [0.3, 0.4) is 0 Å². The Morgan fingerprint density at radius 3 is 2.35 bits per heavy atom. The first-order valence-corrected chi connectivity index (χ1v) is 8.58. The van der Waals surface area contributed by atoms with Gasteiger partial charge in [-0.1, -0.05) is 0 Å². The van der Waals surface area contributed by atoms with E-state index in [1.807, 2.05) is 20.8 Å². The second-order valence-corrected chi connectivity index (χ2v) is 8.17. The molecule has 0 saturated carbocycles. The molecular weight excluding hydrogens is 282 g/mol. The monoisotopic (exact) mass is 307 g/mol. The lowest BCUT2D eigenvalue weighted by Crippen LogP contribution is -2.51. The van der Waals surface area contributed by atoms with E-state index in [2.05, 4.69) is 4.74 Å². The van der Waals surface area contributed by atoms with Gasteiger partial charge in [-0.2, -0.15) is 4.31 Å². The van der Waals surface area contributed by atoms with Crippen molar-refractivity contribution >= 4 is 16.0 Å². The lowest BCUT2D eigenvalue weighted by molar-refractivity contribution is -0.147. The summed E-state index contributed by atoms with van der Waals surface area (Å²) in [4.78, 5) is 11.7. The highest BCUT2D eigenvalue weighted by molar-refractivity contribution is 7.88. The summed E-state index contributed by atoms with van der Waals surface area (Å²) in [6, 6.07) is -0.708. The summed E-state index contributed by atoms with van der Waals surface area (Å²) < 4.78 is 35.3. The van der Waals surface area contributed by atoms with Gasteiger partial charge in [0.05, 0.1) is 25.6 Å². The molecule has 0 aromatic carbocycles. The van der Waals surface area contributed by atoms with Gasteiger partial charge in [-0.25, -0.2) is 8.42 Å². The van der Waals surface area contributed by atoms with E-state index in [4.69, 9.17) is 4.74 Å². The Balaban J connectivity index is 2.75. The van der Waals surface area contributed by atoms with E-state index in [1.54, 1.807) is 0 Å². The van der Waals surface area contributed by atoms with Gasteiger partial charge < -0.3 is 9.47 Å². The average Bonchev–Trinajstić information content (AvgIpc) is 2.33. The van der Waals surface area contributed by atoms with Crippen LogP contribution < -0.4 is 0 Å². The van der Waals surface area contributed by atoms with E-state index in [-0.39, 0.29) is 11.5 Å². The predicted octanol–water partition coefficient (Wildman–Crippen LogP) is 1.01. The zero-order valence-corrected chi connectivity index (χ0v) is 13.7. The van der Waals surface area contributed by atoms with Gasteiger partial charge >= 0.3 is 5.97 Å². The number of ether oxygens (including phenoxy) is 2. The van der Waals surface area contributed by atoms with Crippen LogP contribution in [0.25, 0.3) is 0 Å². The molecule has 0 aromatic heterocycles. The van der Waals surface area contributed by atoms with Crippen molar-refractivity contribution in [1.29, 1.82) is 0 Å². The third-order valence-electron chi connectivity index (χ3n) is 3.29. The van der Waals surface area contributed by atoms with Crippen molar-refractivity contribution in [3.05, 3.63) is 0 Å². The van der Waals surface area contributed by atoms with Gasteiger partial charge in [0, 0.05) is 6.54 Å². The van der Waals surface area contributed by atoms with Gasteiger partial charge in [0.2, 0.25) is 10.0 Å². The minimum absolute atomic E-state index is 0.102. The van der Waals surface area contributed by atoms with Crippen LogP contribution in [-0.4, -0.2) is 56.9 Å². The third kappa shape index (κ3) is 5.03. The maximum absolute atomic E-state index is 11.8. The summed E-state index contributed by atoms with van der Waals surface area (Å²) in [6.07, 6.45) is 2.34. The average molecular weight is 307 g/mol. The summed E-state index contributed by atoms with van der Waals surface area (Å²) in [6.45, 7) is 6.67. The number of nitrogens with zero attached hydrogens (tertiary/aromatic N) is 1. The molecule has 0 amide bonds. The lowest BCUT2D eigenvalue weighted by Gasteiger charge is -2.37. The molecule has 118 valence electrons. The number of carbonyl (C=O) groups is 1. The lowest BCUT2D eigenvalue weighted by atomic mass is 9.95. The van der Waals surface area contributed by atoms with E-state index in [0.29, 0.717) is 19.6 Å².